The van der Waals surface area contributed by atoms with Crippen molar-refractivity contribution < 1.29 is 18.1 Å². The van der Waals surface area contributed by atoms with Crippen LogP contribution in [0.1, 0.15) is 22.8 Å². The number of aryl methyl sites for hydroxylation is 2. The maximum Gasteiger partial charge on any atom is 0.216 e. The van der Waals surface area contributed by atoms with Crippen LogP contribution in [0.25, 0.3) is 44.3 Å². The first kappa shape index (κ1) is 21.8. The molecule has 0 amide bonds. The van der Waals surface area contributed by atoms with Crippen molar-refractivity contribution in [3.8, 4) is 28.1 Å². The van der Waals surface area contributed by atoms with Crippen molar-refractivity contribution in [2.75, 3.05) is 0 Å². The third-order valence-corrected chi connectivity index (χ3v) is 7.50. The molecule has 37 heavy (non-hydrogen) atoms. The van der Waals surface area contributed by atoms with E-state index >= 15 is 4.39 Å². The number of para-hydroxylation sites is 1. The van der Waals surface area contributed by atoms with Gasteiger partial charge in [0.15, 0.2) is 6.20 Å². The van der Waals surface area contributed by atoms with E-state index in [1.807, 2.05) is 73.9 Å². The lowest BCUT2D eigenvalue weighted by molar-refractivity contribution is -0.660. The van der Waals surface area contributed by atoms with Crippen LogP contribution in [0.2, 0.25) is 0 Å². The molecule has 0 radical (unpaired) electrons. The molecule has 1 aliphatic heterocycles. The molecule has 0 N–H and O–H groups in total. The first-order valence-electron chi connectivity index (χ1n) is 12.5. The molecule has 4 aromatic carbocycles. The smallest absolute Gasteiger partial charge is 0.216 e. The Morgan fingerprint density at radius 1 is 0.784 bits per heavy atom. The predicted octanol–water partition coefficient (Wildman–Crippen LogP) is 7.87. The van der Waals surface area contributed by atoms with Crippen molar-refractivity contribution in [2.45, 2.75) is 19.4 Å². The zero-order chi connectivity index (χ0) is 25.1. The van der Waals surface area contributed by atoms with Crippen molar-refractivity contribution in [1.29, 1.82) is 0 Å². The van der Waals surface area contributed by atoms with Gasteiger partial charge in [0.2, 0.25) is 5.69 Å². The summed E-state index contributed by atoms with van der Waals surface area (Å²) >= 11 is 0. The maximum absolute atomic E-state index is 15.4. The van der Waals surface area contributed by atoms with Gasteiger partial charge in [-0.1, -0.05) is 54.6 Å². The quantitative estimate of drug-likeness (QED) is 0.238. The van der Waals surface area contributed by atoms with E-state index in [0.29, 0.717) is 11.1 Å². The van der Waals surface area contributed by atoms with Crippen LogP contribution in [0.15, 0.2) is 102 Å². The Kier molecular flexibility index (Phi) is 4.90. The number of aromatic nitrogens is 1. The van der Waals surface area contributed by atoms with Crippen LogP contribution in [0.3, 0.4) is 0 Å². The fraction of sp³-hybridized carbons (Fsp3) is 0.121. The lowest BCUT2D eigenvalue weighted by Crippen LogP contribution is -2.30. The number of fused-ring (bicyclic) bond motifs is 4. The number of nitrogens with zero attached hydrogens (tertiary/aromatic N) is 1. The molecule has 3 nitrogen and oxygen atoms in total. The SMILES string of the molecule is Cc1ccc2c(oc3c(-c4ccc(C5Cc6ccccc6O5)cc4)c(F)ccc32)c1-c1cccc[n+]1C. The molecule has 3 heterocycles. The molecule has 0 spiro atoms. The number of ether oxygens (including phenoxy) is 1. The van der Waals surface area contributed by atoms with Gasteiger partial charge in [0, 0.05) is 29.3 Å². The zero-order valence-electron chi connectivity index (χ0n) is 20.7. The molecule has 7 rings (SSSR count). The van der Waals surface area contributed by atoms with E-state index < -0.39 is 0 Å². The molecule has 1 aliphatic rings. The third kappa shape index (κ3) is 3.44. The van der Waals surface area contributed by atoms with Gasteiger partial charge >= 0.3 is 0 Å². The van der Waals surface area contributed by atoms with Gasteiger partial charge < -0.3 is 9.15 Å². The molecule has 0 fully saturated rings. The molecule has 0 saturated heterocycles. The summed E-state index contributed by atoms with van der Waals surface area (Å²) in [6.45, 7) is 2.08. The second-order valence-electron chi connectivity index (χ2n) is 9.77. The highest BCUT2D eigenvalue weighted by molar-refractivity contribution is 6.13. The topological polar surface area (TPSA) is 26.2 Å². The summed E-state index contributed by atoms with van der Waals surface area (Å²) in [7, 11) is 2.02. The summed E-state index contributed by atoms with van der Waals surface area (Å²) in [5.41, 5.74) is 8.08. The number of furan rings is 1. The second-order valence-corrected chi connectivity index (χ2v) is 9.77. The van der Waals surface area contributed by atoms with Crippen molar-refractivity contribution >= 4 is 21.9 Å². The Bertz CT molecular complexity index is 1790. The van der Waals surface area contributed by atoms with E-state index in [-0.39, 0.29) is 11.9 Å². The van der Waals surface area contributed by atoms with Crippen molar-refractivity contribution in [3.05, 3.63) is 120 Å². The normalized spacial score (nSPS) is 14.7. The number of pyridine rings is 1. The Morgan fingerprint density at radius 2 is 1.51 bits per heavy atom. The Morgan fingerprint density at radius 3 is 2.30 bits per heavy atom. The van der Waals surface area contributed by atoms with E-state index in [2.05, 4.69) is 35.8 Å². The van der Waals surface area contributed by atoms with Crippen molar-refractivity contribution in [1.82, 2.24) is 0 Å². The number of hydrogen-bond acceptors (Lipinski definition) is 2. The summed E-state index contributed by atoms with van der Waals surface area (Å²) in [6, 6.07) is 29.8. The summed E-state index contributed by atoms with van der Waals surface area (Å²) in [5, 5.41) is 1.89. The predicted molar refractivity (Wildman–Crippen MR) is 144 cm³/mol. The summed E-state index contributed by atoms with van der Waals surface area (Å²) in [6.07, 6.45) is 2.83. The Hall–Kier alpha value is -4.44. The molecular formula is C33H25FNO2+. The van der Waals surface area contributed by atoms with Gasteiger partial charge in [-0.05, 0) is 53.4 Å². The van der Waals surface area contributed by atoms with Crippen LogP contribution in [0.5, 0.6) is 5.75 Å². The Balaban J connectivity index is 1.36. The summed E-state index contributed by atoms with van der Waals surface area (Å²) < 4.78 is 30.2. The van der Waals surface area contributed by atoms with Gasteiger partial charge in [-0.2, -0.15) is 0 Å². The standard InChI is InChI=1S/C33H25FNO2/c1-20-10-15-24-25-16-17-26(34)31(33(25)37-32(24)30(20)27-8-5-6-18-35(27)2)22-13-11-21(12-14-22)29-19-23-7-3-4-9-28(23)36-29/h3-18,29H,19H2,1-2H3/q+1. The number of halogens is 1. The average molecular weight is 487 g/mol. The molecule has 6 aromatic rings. The molecular weight excluding hydrogens is 461 g/mol. The average Bonchev–Trinajstić information content (AvgIpc) is 3.51. The number of rotatable bonds is 3. The van der Waals surface area contributed by atoms with Crippen LogP contribution in [-0.4, -0.2) is 0 Å². The van der Waals surface area contributed by atoms with Gasteiger partial charge in [0.25, 0.3) is 0 Å². The van der Waals surface area contributed by atoms with Crippen LogP contribution < -0.4 is 9.30 Å². The molecule has 0 saturated carbocycles. The Labute approximate surface area is 214 Å². The molecule has 2 aromatic heterocycles. The fourth-order valence-corrected chi connectivity index (χ4v) is 5.58. The van der Waals surface area contributed by atoms with Crippen molar-refractivity contribution in [3.63, 3.8) is 0 Å². The van der Waals surface area contributed by atoms with Crippen LogP contribution >= 0.6 is 0 Å². The molecule has 1 unspecified atom stereocenters. The molecule has 0 bridgehead atoms. The monoisotopic (exact) mass is 486 g/mol. The summed E-state index contributed by atoms with van der Waals surface area (Å²) in [5.74, 6) is 0.639. The van der Waals surface area contributed by atoms with Gasteiger partial charge in [-0.25, -0.2) is 8.96 Å². The van der Waals surface area contributed by atoms with Crippen LogP contribution in [0, 0.1) is 12.7 Å². The fourth-order valence-electron chi connectivity index (χ4n) is 5.58. The third-order valence-electron chi connectivity index (χ3n) is 7.50. The number of benzene rings is 4. The highest BCUT2D eigenvalue weighted by atomic mass is 19.1. The molecule has 0 aliphatic carbocycles. The van der Waals surface area contributed by atoms with E-state index in [9.17, 15) is 0 Å². The van der Waals surface area contributed by atoms with Gasteiger partial charge in [-0.15, -0.1) is 0 Å². The largest absolute Gasteiger partial charge is 0.485 e. The van der Waals surface area contributed by atoms with E-state index in [4.69, 9.17) is 9.15 Å². The maximum atomic E-state index is 15.4. The zero-order valence-corrected chi connectivity index (χ0v) is 20.7. The van der Waals surface area contributed by atoms with Crippen LogP contribution in [0.4, 0.5) is 4.39 Å². The molecule has 4 heteroatoms. The first-order valence-corrected chi connectivity index (χ1v) is 12.5. The summed E-state index contributed by atoms with van der Waals surface area (Å²) in [4.78, 5) is 0. The van der Waals surface area contributed by atoms with E-state index in [1.165, 1.54) is 5.56 Å². The minimum absolute atomic E-state index is 0.0320. The van der Waals surface area contributed by atoms with Crippen LogP contribution in [-0.2, 0) is 13.5 Å². The first-order chi connectivity index (χ1) is 18.1. The lowest BCUT2D eigenvalue weighted by atomic mass is 9.97. The minimum atomic E-state index is -0.299. The molecule has 1 atom stereocenters. The van der Waals surface area contributed by atoms with E-state index in [1.54, 1.807) is 6.07 Å². The van der Waals surface area contributed by atoms with Gasteiger partial charge in [0.05, 0.1) is 11.1 Å². The minimum Gasteiger partial charge on any atom is -0.485 e. The molecule has 180 valence electrons. The highest BCUT2D eigenvalue weighted by Gasteiger charge is 2.25. The van der Waals surface area contributed by atoms with E-state index in [0.717, 1.165) is 56.5 Å². The number of hydrogen-bond donors (Lipinski definition) is 0. The lowest BCUT2D eigenvalue weighted by Gasteiger charge is -2.12. The van der Waals surface area contributed by atoms with Gasteiger partial charge in [-0.3, -0.25) is 0 Å². The second kappa shape index (κ2) is 8.31. The van der Waals surface area contributed by atoms with Gasteiger partial charge in [0.1, 0.15) is 35.9 Å². The van der Waals surface area contributed by atoms with Crippen molar-refractivity contribution in [2.24, 2.45) is 7.05 Å². The highest BCUT2D eigenvalue weighted by Crippen LogP contribution is 2.42.